The standard InChI is InChI=1S/C20H34OSi/c1-11-16-14-12-13-15-17(16)21-22(18(2,3)4,19(5,6)7)20(8,9)10/h11-15H,1H2,2-10H3. The van der Waals surface area contributed by atoms with Crippen molar-refractivity contribution in [2.75, 3.05) is 0 Å². The summed E-state index contributed by atoms with van der Waals surface area (Å²) in [5.41, 5.74) is 1.08. The topological polar surface area (TPSA) is 9.23 Å². The average Bonchev–Trinajstić information content (AvgIpc) is 2.31. The van der Waals surface area contributed by atoms with Crippen LogP contribution in [0.5, 0.6) is 5.75 Å². The molecule has 0 fully saturated rings. The van der Waals surface area contributed by atoms with E-state index in [1.54, 1.807) is 0 Å². The second-order valence-electron chi connectivity index (χ2n) is 9.28. The van der Waals surface area contributed by atoms with E-state index in [1.165, 1.54) is 0 Å². The Labute approximate surface area is 138 Å². The predicted octanol–water partition coefficient (Wildman–Crippen LogP) is 7.05. The van der Waals surface area contributed by atoms with Gasteiger partial charge in [-0.05, 0) is 21.2 Å². The third-order valence-electron chi connectivity index (χ3n) is 4.57. The van der Waals surface area contributed by atoms with Crippen molar-refractivity contribution in [3.8, 4) is 5.75 Å². The number of rotatable bonds is 3. The van der Waals surface area contributed by atoms with Gasteiger partial charge in [0, 0.05) is 5.56 Å². The minimum Gasteiger partial charge on any atom is -0.541 e. The molecular formula is C20H34OSi. The van der Waals surface area contributed by atoms with Crippen molar-refractivity contribution in [1.82, 2.24) is 0 Å². The van der Waals surface area contributed by atoms with Gasteiger partial charge < -0.3 is 4.43 Å². The van der Waals surface area contributed by atoms with Gasteiger partial charge in [0.05, 0.1) is 0 Å². The van der Waals surface area contributed by atoms with Gasteiger partial charge in [-0.2, -0.15) is 0 Å². The van der Waals surface area contributed by atoms with Gasteiger partial charge in [0.15, 0.2) is 0 Å². The molecule has 0 atom stereocenters. The molecule has 1 aromatic rings. The van der Waals surface area contributed by atoms with E-state index in [0.717, 1.165) is 11.3 Å². The van der Waals surface area contributed by atoms with E-state index in [9.17, 15) is 0 Å². The van der Waals surface area contributed by atoms with Crippen LogP contribution in [0, 0.1) is 0 Å². The van der Waals surface area contributed by atoms with Crippen LogP contribution >= 0.6 is 0 Å². The summed E-state index contributed by atoms with van der Waals surface area (Å²) < 4.78 is 6.99. The molecule has 0 spiro atoms. The highest BCUT2D eigenvalue weighted by atomic mass is 28.4. The summed E-state index contributed by atoms with van der Waals surface area (Å²) in [5, 5.41) is 0.327. The molecule has 0 amide bonds. The highest BCUT2D eigenvalue weighted by molar-refractivity contribution is 6.82. The second kappa shape index (κ2) is 5.88. The van der Waals surface area contributed by atoms with E-state index >= 15 is 0 Å². The second-order valence-corrected chi connectivity index (χ2v) is 15.3. The molecule has 0 bridgehead atoms. The van der Waals surface area contributed by atoms with Gasteiger partial charge in [0.2, 0.25) is 0 Å². The highest BCUT2D eigenvalue weighted by Crippen LogP contribution is 2.62. The third kappa shape index (κ3) is 3.17. The molecule has 0 unspecified atom stereocenters. The van der Waals surface area contributed by atoms with Gasteiger partial charge in [-0.15, -0.1) is 0 Å². The molecule has 0 N–H and O–H groups in total. The van der Waals surface area contributed by atoms with E-state index in [0.29, 0.717) is 0 Å². The smallest absolute Gasteiger partial charge is 0.267 e. The Balaban J connectivity index is 3.62. The lowest BCUT2D eigenvalue weighted by molar-refractivity contribution is 0.372. The van der Waals surface area contributed by atoms with Gasteiger partial charge >= 0.3 is 0 Å². The molecule has 0 heterocycles. The lowest BCUT2D eigenvalue weighted by Gasteiger charge is -2.57. The van der Waals surface area contributed by atoms with E-state index in [4.69, 9.17) is 4.43 Å². The van der Waals surface area contributed by atoms with Gasteiger partial charge in [0.1, 0.15) is 5.75 Å². The van der Waals surface area contributed by atoms with E-state index < -0.39 is 8.32 Å². The first-order chi connectivity index (χ1) is 9.78. The maximum Gasteiger partial charge on any atom is 0.267 e. The van der Waals surface area contributed by atoms with Crippen LogP contribution in [0.1, 0.15) is 67.9 Å². The van der Waals surface area contributed by atoms with E-state index in [1.807, 2.05) is 12.1 Å². The maximum absolute atomic E-state index is 6.99. The fraction of sp³-hybridized carbons (Fsp3) is 0.600. The molecule has 0 saturated heterocycles. The minimum atomic E-state index is -2.24. The van der Waals surface area contributed by atoms with Crippen molar-refractivity contribution in [3.63, 3.8) is 0 Å². The van der Waals surface area contributed by atoms with Crippen molar-refractivity contribution in [3.05, 3.63) is 36.4 Å². The molecule has 0 aliphatic rings. The van der Waals surface area contributed by atoms with Crippen LogP contribution in [0.2, 0.25) is 15.1 Å². The number of hydrogen-bond acceptors (Lipinski definition) is 1. The van der Waals surface area contributed by atoms with Crippen molar-refractivity contribution < 1.29 is 4.43 Å². The molecule has 0 aliphatic carbocycles. The zero-order valence-corrected chi connectivity index (χ0v) is 17.0. The van der Waals surface area contributed by atoms with Crippen LogP contribution in [0.4, 0.5) is 0 Å². The van der Waals surface area contributed by atoms with E-state index in [2.05, 4.69) is 87.1 Å². The van der Waals surface area contributed by atoms with Crippen LogP contribution in [-0.2, 0) is 0 Å². The number of para-hydroxylation sites is 1. The molecule has 0 aliphatic heterocycles. The molecule has 1 nitrogen and oxygen atoms in total. The summed E-state index contributed by atoms with van der Waals surface area (Å²) in [6.45, 7) is 25.0. The number of benzene rings is 1. The molecule has 1 aromatic carbocycles. The molecule has 1 rings (SSSR count). The predicted molar refractivity (Wildman–Crippen MR) is 102 cm³/mol. The van der Waals surface area contributed by atoms with Crippen molar-refractivity contribution in [1.29, 1.82) is 0 Å². The van der Waals surface area contributed by atoms with Crippen LogP contribution in [-0.4, -0.2) is 8.32 Å². The zero-order chi connectivity index (χ0) is 17.4. The quantitative estimate of drug-likeness (QED) is 0.542. The molecule has 124 valence electrons. The third-order valence-corrected chi connectivity index (χ3v) is 11.4. The Kier molecular flexibility index (Phi) is 5.09. The SMILES string of the molecule is C=Cc1ccccc1O[Si](C(C)(C)C)(C(C)(C)C)C(C)(C)C. The van der Waals surface area contributed by atoms with Gasteiger partial charge in [-0.1, -0.05) is 93.2 Å². The first kappa shape index (κ1) is 19.0. The largest absolute Gasteiger partial charge is 0.541 e. The molecule has 2 heteroatoms. The Morgan fingerprint density at radius 1 is 0.818 bits per heavy atom. The Morgan fingerprint density at radius 2 is 1.23 bits per heavy atom. The fourth-order valence-electron chi connectivity index (χ4n) is 4.74. The van der Waals surface area contributed by atoms with Crippen LogP contribution in [0.15, 0.2) is 30.8 Å². The average molecular weight is 319 g/mol. The molecule has 22 heavy (non-hydrogen) atoms. The Bertz CT molecular complexity index is 488. The summed E-state index contributed by atoms with van der Waals surface area (Å²) in [7, 11) is -2.24. The van der Waals surface area contributed by atoms with E-state index in [-0.39, 0.29) is 15.1 Å². The van der Waals surface area contributed by atoms with Crippen molar-refractivity contribution in [2.24, 2.45) is 0 Å². The summed E-state index contributed by atoms with van der Waals surface area (Å²) in [6, 6.07) is 8.26. The van der Waals surface area contributed by atoms with Crippen LogP contribution in [0.25, 0.3) is 6.08 Å². The summed E-state index contributed by atoms with van der Waals surface area (Å²) >= 11 is 0. The number of hydrogen-bond donors (Lipinski definition) is 0. The molecule has 0 radical (unpaired) electrons. The lowest BCUT2D eigenvalue weighted by atomic mass is 10.2. The van der Waals surface area contributed by atoms with Crippen molar-refractivity contribution in [2.45, 2.75) is 77.4 Å². The summed E-state index contributed by atoms with van der Waals surface area (Å²) in [6.07, 6.45) is 1.89. The van der Waals surface area contributed by atoms with Gasteiger partial charge in [0.25, 0.3) is 8.32 Å². The Morgan fingerprint density at radius 3 is 1.59 bits per heavy atom. The minimum absolute atomic E-state index is 0.109. The van der Waals surface area contributed by atoms with Crippen LogP contribution < -0.4 is 4.43 Å². The van der Waals surface area contributed by atoms with Gasteiger partial charge in [-0.25, -0.2) is 0 Å². The molecular weight excluding hydrogens is 284 g/mol. The van der Waals surface area contributed by atoms with Crippen molar-refractivity contribution >= 4 is 14.4 Å². The Hall–Kier alpha value is -1.02. The maximum atomic E-state index is 6.99. The highest BCUT2D eigenvalue weighted by Gasteiger charge is 2.63. The first-order valence-electron chi connectivity index (χ1n) is 8.18. The normalized spacial score (nSPS) is 13.9. The molecule has 0 aromatic heterocycles. The summed E-state index contributed by atoms with van der Waals surface area (Å²) in [4.78, 5) is 0. The zero-order valence-electron chi connectivity index (χ0n) is 16.0. The fourth-order valence-corrected chi connectivity index (χ4v) is 12.9. The lowest BCUT2D eigenvalue weighted by Crippen LogP contribution is -2.63. The summed E-state index contributed by atoms with van der Waals surface area (Å²) in [5.74, 6) is 0.976. The van der Waals surface area contributed by atoms with Crippen LogP contribution in [0.3, 0.4) is 0 Å². The monoisotopic (exact) mass is 318 g/mol. The first-order valence-corrected chi connectivity index (χ1v) is 10.1. The van der Waals surface area contributed by atoms with Gasteiger partial charge in [-0.3, -0.25) is 0 Å². The molecule has 0 saturated carbocycles.